The second kappa shape index (κ2) is 5.14. The van der Waals surface area contributed by atoms with Gasteiger partial charge in [-0.05, 0) is 22.0 Å². The first-order valence-corrected chi connectivity index (χ1v) is 7.57. The Bertz CT molecular complexity index is 637. The summed E-state index contributed by atoms with van der Waals surface area (Å²) in [5.74, 6) is -0.514. The zero-order valence-corrected chi connectivity index (χ0v) is 12.0. The summed E-state index contributed by atoms with van der Waals surface area (Å²) >= 11 is 3.14. The molecule has 0 bridgehead atoms. The number of rotatable bonds is 1. The summed E-state index contributed by atoms with van der Waals surface area (Å²) in [6, 6.07) is 2.39. The Kier molecular flexibility index (Phi) is 4.26. The second-order valence-electron chi connectivity index (χ2n) is 3.07. The number of hydrogen-bond acceptors (Lipinski definition) is 3. The van der Waals surface area contributed by atoms with Crippen LogP contribution in [0.2, 0.25) is 0 Å². The predicted octanol–water partition coefficient (Wildman–Crippen LogP) is 2.77. The van der Waals surface area contributed by atoms with Crippen LogP contribution in [0.5, 0.6) is 0 Å². The van der Waals surface area contributed by atoms with Crippen molar-refractivity contribution in [3.63, 3.8) is 0 Å². The topological polar surface area (TPSA) is 52.0 Å². The van der Waals surface area contributed by atoms with Gasteiger partial charge >= 0.3 is 0 Å². The normalized spacial score (nSPS) is 11.1. The van der Waals surface area contributed by atoms with Crippen LogP contribution in [0, 0.1) is 5.82 Å². The molecular weight excluding hydrogens is 311 g/mol. The molecule has 0 aliphatic heterocycles. The van der Waals surface area contributed by atoms with Crippen LogP contribution >= 0.6 is 15.9 Å². The third-order valence-electron chi connectivity index (χ3n) is 1.88. The molecule has 1 aromatic heterocycles. The van der Waals surface area contributed by atoms with E-state index in [1.807, 2.05) is 13.8 Å². The maximum atomic E-state index is 13.1. The molecule has 2 aromatic rings. The summed E-state index contributed by atoms with van der Waals surface area (Å²) in [6.07, 6.45) is 2.39. The lowest BCUT2D eigenvalue weighted by Crippen LogP contribution is -2.11. The van der Waals surface area contributed by atoms with Crippen LogP contribution < -0.4 is 0 Å². The van der Waals surface area contributed by atoms with E-state index in [0.29, 0.717) is 9.86 Å². The Labute approximate surface area is 108 Å². The molecule has 0 spiro atoms. The molecule has 0 amide bonds. The molecule has 0 saturated carbocycles. The summed E-state index contributed by atoms with van der Waals surface area (Å²) in [6.45, 7) is 4.00. The average molecular weight is 323 g/mol. The Morgan fingerprint density at radius 1 is 1.35 bits per heavy atom. The fourth-order valence-corrected chi connectivity index (χ4v) is 2.54. The number of hydrogen-bond donors (Lipinski definition) is 0. The maximum absolute atomic E-state index is 13.1. The first kappa shape index (κ1) is 14.1. The minimum absolute atomic E-state index is 0.226. The Morgan fingerprint density at radius 3 is 2.47 bits per heavy atom. The monoisotopic (exact) mass is 322 g/mol. The molecule has 0 unspecified atom stereocenters. The fraction of sp³-hybridized carbons (Fsp3) is 0.300. The van der Waals surface area contributed by atoms with Crippen molar-refractivity contribution in [2.75, 3.05) is 6.26 Å². The van der Waals surface area contributed by atoms with E-state index in [2.05, 4.69) is 21.0 Å². The Morgan fingerprint density at radius 2 is 1.94 bits per heavy atom. The van der Waals surface area contributed by atoms with E-state index in [9.17, 15) is 12.8 Å². The van der Waals surface area contributed by atoms with Crippen LogP contribution in [-0.4, -0.2) is 23.9 Å². The second-order valence-corrected chi connectivity index (χ2v) is 5.74. The van der Waals surface area contributed by atoms with Crippen molar-refractivity contribution >= 4 is 36.9 Å². The van der Waals surface area contributed by atoms with Gasteiger partial charge in [0.1, 0.15) is 5.82 Å². The van der Waals surface area contributed by atoms with Crippen LogP contribution in [0.4, 0.5) is 4.39 Å². The van der Waals surface area contributed by atoms with E-state index in [4.69, 9.17) is 0 Å². The van der Waals surface area contributed by atoms with Gasteiger partial charge in [-0.2, -0.15) is 9.19 Å². The van der Waals surface area contributed by atoms with Crippen LogP contribution in [0.1, 0.15) is 13.8 Å². The molecule has 94 valence electrons. The molecule has 0 atom stereocenters. The van der Waals surface area contributed by atoms with E-state index in [-0.39, 0.29) is 5.52 Å². The van der Waals surface area contributed by atoms with Crippen molar-refractivity contribution in [3.8, 4) is 0 Å². The minimum atomic E-state index is -3.50. The van der Waals surface area contributed by atoms with Crippen molar-refractivity contribution < 1.29 is 12.8 Å². The SMILES string of the molecule is CC.CS(=O)(=O)n1ncc2c(Br)cc(F)cc21. The van der Waals surface area contributed by atoms with E-state index < -0.39 is 15.8 Å². The molecule has 2 rings (SSSR count). The number of halogens is 2. The third kappa shape index (κ3) is 2.84. The molecule has 0 radical (unpaired) electrons. The van der Waals surface area contributed by atoms with E-state index >= 15 is 0 Å². The zero-order chi connectivity index (χ0) is 13.2. The van der Waals surface area contributed by atoms with Gasteiger partial charge in [-0.3, -0.25) is 0 Å². The number of fused-ring (bicyclic) bond motifs is 1. The highest BCUT2D eigenvalue weighted by Gasteiger charge is 2.14. The quantitative estimate of drug-likeness (QED) is 0.811. The van der Waals surface area contributed by atoms with E-state index in [0.717, 1.165) is 16.4 Å². The molecule has 1 heterocycles. The summed E-state index contributed by atoms with van der Waals surface area (Å²) in [4.78, 5) is 0. The number of aromatic nitrogens is 2. The number of nitrogens with zero attached hydrogens (tertiary/aromatic N) is 2. The molecule has 1 aromatic carbocycles. The lowest BCUT2D eigenvalue weighted by atomic mass is 10.2. The summed E-state index contributed by atoms with van der Waals surface area (Å²) in [5.41, 5.74) is 0.226. The van der Waals surface area contributed by atoms with Gasteiger partial charge in [0.25, 0.3) is 10.0 Å². The highest BCUT2D eigenvalue weighted by Crippen LogP contribution is 2.25. The van der Waals surface area contributed by atoms with Gasteiger partial charge in [0, 0.05) is 15.9 Å². The van der Waals surface area contributed by atoms with Gasteiger partial charge in [-0.25, -0.2) is 12.8 Å². The molecule has 17 heavy (non-hydrogen) atoms. The van der Waals surface area contributed by atoms with Gasteiger partial charge in [0.15, 0.2) is 0 Å². The highest BCUT2D eigenvalue weighted by molar-refractivity contribution is 9.10. The van der Waals surface area contributed by atoms with Crippen molar-refractivity contribution in [1.82, 2.24) is 9.19 Å². The van der Waals surface area contributed by atoms with Crippen LogP contribution in [0.15, 0.2) is 22.8 Å². The van der Waals surface area contributed by atoms with Gasteiger partial charge in [0.2, 0.25) is 0 Å². The van der Waals surface area contributed by atoms with E-state index in [1.54, 1.807) is 0 Å². The first-order valence-electron chi connectivity index (χ1n) is 4.93. The van der Waals surface area contributed by atoms with Crippen molar-refractivity contribution in [1.29, 1.82) is 0 Å². The summed E-state index contributed by atoms with van der Waals surface area (Å²) < 4.78 is 36.9. The molecule has 0 N–H and O–H groups in total. The standard InChI is InChI=1S/C8H6BrFN2O2S.C2H6/c1-15(13,14)12-8-3-5(10)2-7(9)6(8)4-11-12;1-2/h2-4H,1H3;1-2H3. The average Bonchev–Trinajstić information content (AvgIpc) is 2.63. The van der Waals surface area contributed by atoms with Crippen LogP contribution in [0.3, 0.4) is 0 Å². The van der Waals surface area contributed by atoms with Crippen LogP contribution in [0.25, 0.3) is 10.9 Å². The van der Waals surface area contributed by atoms with Crippen molar-refractivity contribution in [2.24, 2.45) is 0 Å². The van der Waals surface area contributed by atoms with Crippen molar-refractivity contribution in [3.05, 3.63) is 28.6 Å². The minimum Gasteiger partial charge on any atom is -0.207 e. The third-order valence-corrected chi connectivity index (χ3v) is 3.46. The predicted molar refractivity (Wildman–Crippen MR) is 69.0 cm³/mol. The van der Waals surface area contributed by atoms with Gasteiger partial charge in [0.05, 0.1) is 18.0 Å². The molecule has 0 fully saturated rings. The zero-order valence-electron chi connectivity index (χ0n) is 9.61. The molecule has 0 aliphatic rings. The Hall–Kier alpha value is -0.950. The lowest BCUT2D eigenvalue weighted by Gasteiger charge is -2.00. The largest absolute Gasteiger partial charge is 0.251 e. The van der Waals surface area contributed by atoms with Crippen molar-refractivity contribution in [2.45, 2.75) is 13.8 Å². The fourth-order valence-electron chi connectivity index (χ4n) is 1.29. The van der Waals surface area contributed by atoms with Gasteiger partial charge in [-0.15, -0.1) is 0 Å². The summed E-state index contributed by atoms with van der Waals surface area (Å²) in [5, 5.41) is 4.26. The smallest absolute Gasteiger partial charge is 0.207 e. The molecule has 7 heteroatoms. The van der Waals surface area contributed by atoms with Gasteiger partial charge < -0.3 is 0 Å². The highest BCUT2D eigenvalue weighted by atomic mass is 79.9. The lowest BCUT2D eigenvalue weighted by molar-refractivity contribution is 0.588. The molecule has 0 saturated heterocycles. The first-order chi connectivity index (χ1) is 7.89. The molecule has 0 aliphatic carbocycles. The summed E-state index contributed by atoms with van der Waals surface area (Å²) in [7, 11) is -3.50. The maximum Gasteiger partial charge on any atom is 0.251 e. The van der Waals surface area contributed by atoms with Gasteiger partial charge in [-0.1, -0.05) is 13.8 Å². The van der Waals surface area contributed by atoms with E-state index in [1.165, 1.54) is 12.3 Å². The molecule has 4 nitrogen and oxygen atoms in total. The Balaban J connectivity index is 0.000000686. The number of benzene rings is 1. The molecular formula is C10H12BrFN2O2S. The van der Waals surface area contributed by atoms with Crippen LogP contribution in [-0.2, 0) is 10.0 Å².